The Morgan fingerprint density at radius 2 is 1.69 bits per heavy atom. The van der Waals surface area contributed by atoms with Gasteiger partial charge in [-0.05, 0) is 72.5 Å². The maximum Gasteiger partial charge on any atom is 0.323 e. The fourth-order valence-corrected chi connectivity index (χ4v) is 5.86. The number of methoxy groups -OCH3 is 1. The molecule has 3 N–H and O–H groups in total. The minimum Gasteiger partial charge on any atom is -0.494 e. The van der Waals surface area contributed by atoms with Crippen LogP contribution in [-0.2, 0) is 22.0 Å². The van der Waals surface area contributed by atoms with Crippen molar-refractivity contribution in [1.29, 1.82) is 0 Å². The van der Waals surface area contributed by atoms with E-state index >= 15 is 4.39 Å². The number of hydrogen-bond acceptors (Lipinski definition) is 9. The van der Waals surface area contributed by atoms with Crippen LogP contribution >= 0.6 is 0 Å². The van der Waals surface area contributed by atoms with Crippen LogP contribution in [0.1, 0.15) is 12.0 Å². The first kappa shape index (κ1) is 32.7. The number of aromatic nitrogens is 3. The fraction of sp³-hybridized carbons (Fsp3) is 0.235. The predicted molar refractivity (Wildman–Crippen MR) is 183 cm³/mol. The Morgan fingerprint density at radius 1 is 0.958 bits per heavy atom. The van der Waals surface area contributed by atoms with Crippen molar-refractivity contribution in [2.45, 2.75) is 12.8 Å². The number of aryl methyl sites for hydroxylation is 1. The standard InChI is InChI=1S/C34H34FN7O5S/c1-46-29-21-24(27-6-2-4-22(30(27)35)5-3-13-37-48(44)45)20-28-31(29)40-32(41-33(28)42-16-18-47-19-17-42)23-7-9-25(10-8-23)38-34(43)39-26-11-14-36-15-12-26/h2,4,6-12,14-15,20-21,48H,3,5,13,16-19H2,1H3,(H,37,44,45)(H2,36,38,39,43). The average Bonchev–Trinajstić information content (AvgIpc) is 3.11. The minimum absolute atomic E-state index is 0.232. The van der Waals surface area contributed by atoms with Crippen molar-refractivity contribution in [3.05, 3.63) is 90.5 Å². The molecule has 3 heterocycles. The van der Waals surface area contributed by atoms with Gasteiger partial charge in [0.05, 0.1) is 20.3 Å². The van der Waals surface area contributed by atoms with Gasteiger partial charge in [0.2, 0.25) is 10.9 Å². The monoisotopic (exact) mass is 671 g/mol. The van der Waals surface area contributed by atoms with Crippen LogP contribution in [0.3, 0.4) is 0 Å². The molecule has 3 aromatic carbocycles. The van der Waals surface area contributed by atoms with Crippen LogP contribution in [0.15, 0.2) is 79.1 Å². The summed E-state index contributed by atoms with van der Waals surface area (Å²) < 4.78 is 51.3. The van der Waals surface area contributed by atoms with Gasteiger partial charge in [-0.2, -0.15) is 0 Å². The van der Waals surface area contributed by atoms with Gasteiger partial charge in [0.25, 0.3) is 0 Å². The second kappa shape index (κ2) is 15.2. The molecule has 5 aromatic rings. The number of nitrogens with one attached hydrogen (secondary N) is 3. The average molecular weight is 672 g/mol. The van der Waals surface area contributed by atoms with Gasteiger partial charge < -0.3 is 25.0 Å². The highest BCUT2D eigenvalue weighted by molar-refractivity contribution is 7.70. The maximum absolute atomic E-state index is 15.9. The summed E-state index contributed by atoms with van der Waals surface area (Å²) in [6.07, 6.45) is 4.02. The summed E-state index contributed by atoms with van der Waals surface area (Å²) in [6.45, 7) is 2.52. The molecule has 0 bridgehead atoms. The zero-order valence-electron chi connectivity index (χ0n) is 26.1. The number of morpholine rings is 1. The van der Waals surface area contributed by atoms with Gasteiger partial charge in [-0.3, -0.25) is 4.98 Å². The molecule has 2 amide bonds. The number of carbonyl (C=O) groups is 1. The molecule has 1 aliphatic heterocycles. The lowest BCUT2D eigenvalue weighted by Gasteiger charge is -2.29. The van der Waals surface area contributed by atoms with Crippen LogP contribution in [0, 0.1) is 5.82 Å². The van der Waals surface area contributed by atoms with Gasteiger partial charge in [0, 0.05) is 59.9 Å². The molecule has 0 spiro atoms. The Balaban J connectivity index is 1.34. The summed E-state index contributed by atoms with van der Waals surface area (Å²) >= 11 is 0. The fourth-order valence-electron chi connectivity index (χ4n) is 5.52. The molecule has 0 unspecified atom stereocenters. The van der Waals surface area contributed by atoms with E-state index in [9.17, 15) is 13.2 Å². The highest BCUT2D eigenvalue weighted by Gasteiger charge is 2.22. The quantitative estimate of drug-likeness (QED) is 0.112. The number of anilines is 3. The molecule has 6 rings (SSSR count). The summed E-state index contributed by atoms with van der Waals surface area (Å²) in [5, 5.41) is 6.28. The van der Waals surface area contributed by atoms with Gasteiger partial charge in [-0.1, -0.05) is 18.2 Å². The number of nitrogens with zero attached hydrogens (tertiary/aromatic N) is 4. The number of hydrogen-bond donors (Lipinski definition) is 4. The molecule has 12 nitrogen and oxygen atoms in total. The van der Waals surface area contributed by atoms with E-state index in [1.54, 1.807) is 68.0 Å². The number of amides is 2. The van der Waals surface area contributed by atoms with Crippen LogP contribution in [0.25, 0.3) is 33.4 Å². The second-order valence-electron chi connectivity index (χ2n) is 11.0. The number of fused-ring (bicyclic) bond motifs is 1. The Bertz CT molecular complexity index is 1980. The molecular formula is C34H34FN7O5S. The van der Waals surface area contributed by atoms with E-state index in [4.69, 9.17) is 19.4 Å². The SMILES string of the molecule is COc1cc(-c2cccc(CCCN[SH](=O)=O)c2F)cc2c(N3CCOCC3)nc(-c3ccc(NC(=O)Nc4ccncc4)cc3)nc12. The Morgan fingerprint density at radius 3 is 2.40 bits per heavy atom. The van der Waals surface area contributed by atoms with E-state index < -0.39 is 10.9 Å². The van der Waals surface area contributed by atoms with E-state index in [-0.39, 0.29) is 18.4 Å². The molecule has 14 heteroatoms. The minimum atomic E-state index is -2.69. The van der Waals surface area contributed by atoms with Gasteiger partial charge in [-0.15, -0.1) is 0 Å². The van der Waals surface area contributed by atoms with Crippen LogP contribution in [0.4, 0.5) is 26.4 Å². The highest BCUT2D eigenvalue weighted by atomic mass is 32.2. The van der Waals surface area contributed by atoms with E-state index in [1.165, 1.54) is 0 Å². The topological polar surface area (TPSA) is 148 Å². The second-order valence-corrected chi connectivity index (χ2v) is 11.8. The lowest BCUT2D eigenvalue weighted by Crippen LogP contribution is -2.37. The largest absolute Gasteiger partial charge is 0.494 e. The van der Waals surface area contributed by atoms with E-state index in [1.807, 2.05) is 18.2 Å². The van der Waals surface area contributed by atoms with E-state index in [0.29, 0.717) is 95.5 Å². The summed E-state index contributed by atoms with van der Waals surface area (Å²) in [7, 11) is -1.15. The van der Waals surface area contributed by atoms with Crippen molar-refractivity contribution in [2.75, 3.05) is 55.5 Å². The molecule has 0 saturated carbocycles. The van der Waals surface area contributed by atoms with Gasteiger partial charge >= 0.3 is 6.03 Å². The zero-order valence-corrected chi connectivity index (χ0v) is 27.0. The predicted octanol–water partition coefficient (Wildman–Crippen LogP) is 5.04. The van der Waals surface area contributed by atoms with E-state index in [2.05, 4.69) is 25.2 Å². The first-order valence-electron chi connectivity index (χ1n) is 15.4. The molecule has 1 fully saturated rings. The Hall–Kier alpha value is -5.18. The summed E-state index contributed by atoms with van der Waals surface area (Å²) in [5.74, 6) is 1.22. The molecule has 48 heavy (non-hydrogen) atoms. The van der Waals surface area contributed by atoms with Crippen molar-refractivity contribution in [3.8, 4) is 28.3 Å². The first-order chi connectivity index (χ1) is 23.4. The Labute approximate surface area is 278 Å². The lowest BCUT2D eigenvalue weighted by atomic mass is 9.98. The van der Waals surface area contributed by atoms with Crippen LogP contribution in [-0.4, -0.2) is 69.4 Å². The van der Waals surface area contributed by atoms with Crippen LogP contribution in [0.2, 0.25) is 0 Å². The third-order valence-electron chi connectivity index (χ3n) is 7.87. The molecule has 0 radical (unpaired) electrons. The van der Waals surface area contributed by atoms with Gasteiger partial charge in [0.15, 0.2) is 5.82 Å². The van der Waals surface area contributed by atoms with Gasteiger partial charge in [-0.25, -0.2) is 32.3 Å². The van der Waals surface area contributed by atoms with Crippen molar-refractivity contribution >= 4 is 45.0 Å². The van der Waals surface area contributed by atoms with Crippen LogP contribution in [0.5, 0.6) is 5.75 Å². The van der Waals surface area contributed by atoms with Crippen molar-refractivity contribution in [1.82, 2.24) is 19.7 Å². The normalized spacial score (nSPS) is 13.1. The first-order valence-corrected chi connectivity index (χ1v) is 16.5. The molecule has 0 aliphatic carbocycles. The van der Waals surface area contributed by atoms with E-state index in [0.717, 1.165) is 5.56 Å². The number of pyridine rings is 1. The number of urea groups is 1. The number of halogens is 1. The van der Waals surface area contributed by atoms with Gasteiger partial charge in [0.1, 0.15) is 22.9 Å². The number of carbonyl (C=O) groups excluding carboxylic acids is 1. The molecule has 1 saturated heterocycles. The lowest BCUT2D eigenvalue weighted by molar-refractivity contribution is 0.122. The third kappa shape index (κ3) is 7.68. The maximum atomic E-state index is 15.9. The number of thiol groups is 1. The van der Waals surface area contributed by atoms with Crippen molar-refractivity contribution in [3.63, 3.8) is 0 Å². The molecule has 1 aliphatic rings. The van der Waals surface area contributed by atoms with Crippen LogP contribution < -0.4 is 25.0 Å². The zero-order chi connectivity index (χ0) is 33.5. The summed E-state index contributed by atoms with van der Waals surface area (Å²) in [6, 6.07) is 19.1. The molecule has 248 valence electrons. The number of rotatable bonds is 11. The summed E-state index contributed by atoms with van der Waals surface area (Å²) in [4.78, 5) is 28.5. The van der Waals surface area contributed by atoms with Crippen molar-refractivity contribution in [2.24, 2.45) is 0 Å². The highest BCUT2D eigenvalue weighted by Crippen LogP contribution is 2.38. The summed E-state index contributed by atoms with van der Waals surface area (Å²) in [5.41, 5.74) is 3.99. The molecule has 0 atom stereocenters. The third-order valence-corrected chi connectivity index (χ3v) is 8.35. The molecular weight excluding hydrogens is 637 g/mol. The smallest absolute Gasteiger partial charge is 0.323 e. The number of ether oxygens (including phenoxy) is 2. The molecule has 2 aromatic heterocycles. The van der Waals surface area contributed by atoms with Crippen molar-refractivity contribution < 1.29 is 27.1 Å². The number of benzene rings is 3. The Kier molecular flexibility index (Phi) is 10.3.